The zero-order chi connectivity index (χ0) is 20.7. The van der Waals surface area contributed by atoms with E-state index in [0.29, 0.717) is 5.69 Å². The first-order valence-electron chi connectivity index (χ1n) is 10.8. The Morgan fingerprint density at radius 2 is 1.77 bits per heavy atom. The van der Waals surface area contributed by atoms with Crippen molar-refractivity contribution in [2.45, 2.75) is 31.7 Å². The summed E-state index contributed by atoms with van der Waals surface area (Å²) in [4.78, 5) is 20.5. The highest BCUT2D eigenvalue weighted by Gasteiger charge is 2.24. The molecule has 2 aromatic carbocycles. The number of likely N-dealkylation sites (N-methyl/N-ethyl adjacent to an activating group) is 1. The van der Waals surface area contributed by atoms with Gasteiger partial charge in [0.05, 0.1) is 28.1 Å². The van der Waals surface area contributed by atoms with Gasteiger partial charge in [-0.1, -0.05) is 25.0 Å². The lowest BCUT2D eigenvalue weighted by molar-refractivity contribution is 0.313. The largest absolute Gasteiger partial charge is 0.367 e. The quantitative estimate of drug-likeness (QED) is 0.682. The molecule has 0 bridgehead atoms. The summed E-state index contributed by atoms with van der Waals surface area (Å²) in [6, 6.07) is 11.0. The fourth-order valence-electron chi connectivity index (χ4n) is 4.80. The Labute approximate surface area is 175 Å². The number of imidazole rings is 1. The lowest BCUT2D eigenvalue weighted by Crippen LogP contribution is -2.44. The van der Waals surface area contributed by atoms with Crippen LogP contribution in [0.4, 0.5) is 21.5 Å². The standard InChI is InChI=1S/C23H28FN5O/c1-27-10-12-28(13-11-27)21-15-22-20(26-23(30)29(22)16-6-2-3-7-16)14-19(21)25-18-9-5-4-8-17(18)24/h4-5,8-9,14-16,25H,2-3,6-7,10-13H2,1H3,(H,26,30). The predicted molar refractivity (Wildman–Crippen MR) is 119 cm³/mol. The maximum atomic E-state index is 14.3. The topological polar surface area (TPSA) is 56.3 Å². The first-order chi connectivity index (χ1) is 14.6. The fraction of sp³-hybridized carbons (Fsp3) is 0.435. The van der Waals surface area contributed by atoms with Gasteiger partial charge in [-0.25, -0.2) is 9.18 Å². The van der Waals surface area contributed by atoms with Crippen molar-refractivity contribution in [2.75, 3.05) is 43.4 Å². The van der Waals surface area contributed by atoms with Crippen LogP contribution in [-0.2, 0) is 0 Å². The smallest absolute Gasteiger partial charge is 0.326 e. The SMILES string of the molecule is CN1CCN(c2cc3c(cc2Nc2ccccc2F)[nH]c(=O)n3C2CCCC2)CC1. The van der Waals surface area contributed by atoms with Gasteiger partial charge in [0.1, 0.15) is 5.82 Å². The van der Waals surface area contributed by atoms with Crippen molar-refractivity contribution in [2.24, 2.45) is 0 Å². The lowest BCUT2D eigenvalue weighted by atomic mass is 10.1. The molecule has 5 rings (SSSR count). The van der Waals surface area contributed by atoms with Gasteiger partial charge >= 0.3 is 5.69 Å². The van der Waals surface area contributed by atoms with Gasteiger partial charge in [0, 0.05) is 32.2 Å². The molecule has 2 N–H and O–H groups in total. The first kappa shape index (κ1) is 19.2. The molecule has 1 aliphatic carbocycles. The summed E-state index contributed by atoms with van der Waals surface area (Å²) < 4.78 is 16.3. The van der Waals surface area contributed by atoms with Gasteiger partial charge in [-0.15, -0.1) is 0 Å². The summed E-state index contributed by atoms with van der Waals surface area (Å²) in [6.07, 6.45) is 4.43. The minimum absolute atomic E-state index is 0.0516. The molecular weight excluding hydrogens is 381 g/mol. The highest BCUT2D eigenvalue weighted by Crippen LogP contribution is 2.37. The van der Waals surface area contributed by atoms with Crippen molar-refractivity contribution in [3.8, 4) is 0 Å². The van der Waals surface area contributed by atoms with Crippen LogP contribution in [0.15, 0.2) is 41.2 Å². The van der Waals surface area contributed by atoms with Crippen LogP contribution in [0.3, 0.4) is 0 Å². The average Bonchev–Trinajstić information content (AvgIpc) is 3.36. The molecule has 1 saturated carbocycles. The summed E-state index contributed by atoms with van der Waals surface area (Å²) in [5.74, 6) is -0.293. The number of benzene rings is 2. The van der Waals surface area contributed by atoms with Crippen molar-refractivity contribution < 1.29 is 4.39 Å². The second-order valence-electron chi connectivity index (χ2n) is 8.52. The van der Waals surface area contributed by atoms with Crippen LogP contribution in [0.25, 0.3) is 11.0 Å². The predicted octanol–water partition coefficient (Wildman–Crippen LogP) is 4.08. The van der Waals surface area contributed by atoms with E-state index in [1.807, 2.05) is 16.7 Å². The molecule has 0 amide bonds. The van der Waals surface area contributed by atoms with E-state index in [0.717, 1.165) is 61.4 Å². The number of hydrogen-bond acceptors (Lipinski definition) is 4. The van der Waals surface area contributed by atoms with E-state index in [4.69, 9.17) is 0 Å². The Hall–Kier alpha value is -2.80. The number of hydrogen-bond donors (Lipinski definition) is 2. The number of H-pyrrole nitrogens is 1. The lowest BCUT2D eigenvalue weighted by Gasteiger charge is -2.35. The maximum Gasteiger partial charge on any atom is 0.326 e. The van der Waals surface area contributed by atoms with E-state index >= 15 is 0 Å². The van der Waals surface area contributed by atoms with Crippen molar-refractivity contribution in [1.82, 2.24) is 14.5 Å². The minimum Gasteiger partial charge on any atom is -0.367 e. The second-order valence-corrected chi connectivity index (χ2v) is 8.52. The Balaban J connectivity index is 1.62. The van der Waals surface area contributed by atoms with Crippen molar-refractivity contribution in [1.29, 1.82) is 0 Å². The van der Waals surface area contributed by atoms with Gasteiger partial charge < -0.3 is 20.1 Å². The normalized spacial score (nSPS) is 18.4. The van der Waals surface area contributed by atoms with Crippen molar-refractivity contribution in [3.05, 3.63) is 52.7 Å². The van der Waals surface area contributed by atoms with Gasteiger partial charge in [0.25, 0.3) is 0 Å². The number of para-hydroxylation sites is 1. The van der Waals surface area contributed by atoms with Crippen LogP contribution >= 0.6 is 0 Å². The van der Waals surface area contributed by atoms with E-state index in [1.54, 1.807) is 12.1 Å². The molecule has 2 aliphatic rings. The van der Waals surface area contributed by atoms with Gasteiger partial charge in [0.15, 0.2) is 0 Å². The molecule has 0 radical (unpaired) electrons. The molecular formula is C23H28FN5O. The van der Waals surface area contributed by atoms with E-state index in [9.17, 15) is 9.18 Å². The fourth-order valence-corrected chi connectivity index (χ4v) is 4.80. The Morgan fingerprint density at radius 3 is 2.50 bits per heavy atom. The molecule has 2 heterocycles. The van der Waals surface area contributed by atoms with Crippen LogP contribution in [0, 0.1) is 5.82 Å². The van der Waals surface area contributed by atoms with Crippen LogP contribution in [0.1, 0.15) is 31.7 Å². The Kier molecular flexibility index (Phi) is 4.98. The van der Waals surface area contributed by atoms with Crippen LogP contribution in [0.5, 0.6) is 0 Å². The third-order valence-electron chi connectivity index (χ3n) is 6.51. The van der Waals surface area contributed by atoms with E-state index < -0.39 is 0 Å². The number of anilines is 3. The molecule has 158 valence electrons. The van der Waals surface area contributed by atoms with Gasteiger partial charge in [-0.05, 0) is 44.2 Å². The summed E-state index contributed by atoms with van der Waals surface area (Å²) in [5.41, 5.74) is 3.96. The number of halogens is 1. The number of aromatic nitrogens is 2. The number of aromatic amines is 1. The molecule has 0 spiro atoms. The molecule has 1 aliphatic heterocycles. The monoisotopic (exact) mass is 409 g/mol. The minimum atomic E-state index is -0.293. The molecule has 7 heteroatoms. The Morgan fingerprint density at radius 1 is 1.03 bits per heavy atom. The third-order valence-corrected chi connectivity index (χ3v) is 6.51. The third kappa shape index (κ3) is 3.47. The second kappa shape index (κ2) is 7.80. The summed E-state index contributed by atoms with van der Waals surface area (Å²) in [6.45, 7) is 3.73. The molecule has 30 heavy (non-hydrogen) atoms. The van der Waals surface area contributed by atoms with Gasteiger partial charge in [-0.2, -0.15) is 0 Å². The van der Waals surface area contributed by atoms with Crippen molar-refractivity contribution >= 4 is 28.1 Å². The molecule has 1 saturated heterocycles. The zero-order valence-corrected chi connectivity index (χ0v) is 17.3. The zero-order valence-electron chi connectivity index (χ0n) is 17.3. The summed E-state index contributed by atoms with van der Waals surface area (Å²) >= 11 is 0. The van der Waals surface area contributed by atoms with E-state index in [2.05, 4.69) is 33.2 Å². The summed E-state index contributed by atoms with van der Waals surface area (Å²) in [5, 5.41) is 3.28. The highest BCUT2D eigenvalue weighted by atomic mass is 19.1. The van der Waals surface area contributed by atoms with Crippen LogP contribution in [0.2, 0.25) is 0 Å². The molecule has 2 fully saturated rings. The Bertz CT molecular complexity index is 1110. The van der Waals surface area contributed by atoms with Crippen LogP contribution in [-0.4, -0.2) is 47.7 Å². The first-order valence-corrected chi connectivity index (χ1v) is 10.8. The molecule has 0 unspecified atom stereocenters. The number of fused-ring (bicyclic) bond motifs is 1. The average molecular weight is 410 g/mol. The number of nitrogens with one attached hydrogen (secondary N) is 2. The number of nitrogens with zero attached hydrogens (tertiary/aromatic N) is 3. The molecule has 0 atom stereocenters. The summed E-state index contributed by atoms with van der Waals surface area (Å²) in [7, 11) is 2.13. The molecule has 1 aromatic heterocycles. The van der Waals surface area contributed by atoms with Gasteiger partial charge in [0.2, 0.25) is 0 Å². The maximum absolute atomic E-state index is 14.3. The number of piperazine rings is 1. The van der Waals surface area contributed by atoms with Crippen LogP contribution < -0.4 is 15.9 Å². The van der Waals surface area contributed by atoms with Gasteiger partial charge in [-0.3, -0.25) is 4.57 Å². The van der Waals surface area contributed by atoms with Crippen molar-refractivity contribution in [3.63, 3.8) is 0 Å². The van der Waals surface area contributed by atoms with E-state index in [-0.39, 0.29) is 17.5 Å². The highest BCUT2D eigenvalue weighted by molar-refractivity contribution is 5.90. The van der Waals surface area contributed by atoms with E-state index in [1.165, 1.54) is 18.9 Å². The number of rotatable bonds is 4. The molecule has 6 nitrogen and oxygen atoms in total. The molecule has 3 aromatic rings.